The van der Waals surface area contributed by atoms with Crippen molar-refractivity contribution in [2.45, 2.75) is 53.4 Å². The van der Waals surface area contributed by atoms with Crippen LogP contribution in [0.1, 0.15) is 53.4 Å². The van der Waals surface area contributed by atoms with Gasteiger partial charge in [-0.3, -0.25) is 9.98 Å². The van der Waals surface area contributed by atoms with E-state index in [0.717, 1.165) is 31.4 Å². The molecule has 0 N–H and O–H groups in total. The first-order valence-corrected chi connectivity index (χ1v) is 6.02. The number of hydrogen-bond acceptors (Lipinski definition) is 2. The van der Waals surface area contributed by atoms with E-state index in [-0.39, 0.29) is 0 Å². The smallest absolute Gasteiger partial charge is 0.0263 e. The molecule has 0 spiro atoms. The van der Waals surface area contributed by atoms with Crippen LogP contribution in [0.5, 0.6) is 0 Å². The van der Waals surface area contributed by atoms with Crippen LogP contribution < -0.4 is 0 Å². The third-order valence-corrected chi connectivity index (χ3v) is 2.67. The molecule has 0 aromatic rings. The van der Waals surface area contributed by atoms with Crippen LogP contribution in [0.25, 0.3) is 0 Å². The van der Waals surface area contributed by atoms with Crippen molar-refractivity contribution in [2.75, 3.05) is 0 Å². The first-order chi connectivity index (χ1) is 7.61. The van der Waals surface area contributed by atoms with Crippen molar-refractivity contribution in [3.63, 3.8) is 0 Å². The highest BCUT2D eigenvalue weighted by atomic mass is 14.7. The predicted molar refractivity (Wildman–Crippen MR) is 72.2 cm³/mol. The Bertz CT molecular complexity index is 353. The van der Waals surface area contributed by atoms with Crippen LogP contribution in [0, 0.1) is 0 Å². The van der Waals surface area contributed by atoms with Crippen molar-refractivity contribution in [1.82, 2.24) is 0 Å². The number of nitrogens with zero attached hydrogens (tertiary/aromatic N) is 2. The molecule has 88 valence electrons. The van der Waals surface area contributed by atoms with E-state index in [0.29, 0.717) is 0 Å². The van der Waals surface area contributed by atoms with Crippen molar-refractivity contribution in [1.29, 1.82) is 0 Å². The van der Waals surface area contributed by atoms with Gasteiger partial charge in [-0.1, -0.05) is 12.5 Å². The van der Waals surface area contributed by atoms with Crippen LogP contribution in [-0.4, -0.2) is 11.4 Å². The first kappa shape index (κ1) is 12.9. The van der Waals surface area contributed by atoms with Crippen LogP contribution in [0.3, 0.4) is 0 Å². The molecule has 1 aliphatic rings. The molecule has 0 atom stereocenters. The summed E-state index contributed by atoms with van der Waals surface area (Å²) >= 11 is 0. The lowest BCUT2D eigenvalue weighted by atomic mass is 10.0. The zero-order chi connectivity index (χ0) is 12.0. The largest absolute Gasteiger partial charge is 0.266 e. The molecule has 2 heteroatoms. The van der Waals surface area contributed by atoms with Gasteiger partial charge in [-0.15, -0.1) is 0 Å². The van der Waals surface area contributed by atoms with Crippen LogP contribution in [0.4, 0.5) is 0 Å². The maximum Gasteiger partial charge on any atom is 0.0263 e. The predicted octanol–water partition coefficient (Wildman–Crippen LogP) is 4.29. The molecule has 1 rings (SSSR count). The van der Waals surface area contributed by atoms with Gasteiger partial charge in [-0.2, -0.15) is 0 Å². The second kappa shape index (κ2) is 6.41. The molecule has 0 aromatic carbocycles. The van der Waals surface area contributed by atoms with Gasteiger partial charge in [0.1, 0.15) is 0 Å². The van der Waals surface area contributed by atoms with Crippen molar-refractivity contribution in [3.8, 4) is 0 Å². The molecule has 0 saturated carbocycles. The molecule has 1 aliphatic heterocycles. The maximum absolute atomic E-state index is 4.45. The normalized spacial score (nSPS) is 15.9. The fraction of sp³-hybridized carbons (Fsp3) is 0.571. The van der Waals surface area contributed by atoms with E-state index in [1.165, 1.54) is 16.9 Å². The minimum atomic E-state index is 1.07. The Balaban J connectivity index is 2.32. The Labute approximate surface area is 98.9 Å². The Morgan fingerprint density at radius 3 is 2.75 bits per heavy atom. The van der Waals surface area contributed by atoms with Gasteiger partial charge in [0.2, 0.25) is 0 Å². The van der Waals surface area contributed by atoms with Crippen molar-refractivity contribution in [2.24, 2.45) is 9.98 Å². The SMILES string of the molecule is CCC1=CN=C(CC/C(C)=C/N=C(C)C)C1. The second-order valence-electron chi connectivity index (χ2n) is 4.56. The fourth-order valence-electron chi connectivity index (χ4n) is 1.55. The van der Waals surface area contributed by atoms with E-state index < -0.39 is 0 Å². The lowest BCUT2D eigenvalue weighted by Crippen LogP contribution is -1.95. The molecule has 0 saturated heterocycles. The topological polar surface area (TPSA) is 24.7 Å². The highest BCUT2D eigenvalue weighted by Crippen LogP contribution is 2.18. The summed E-state index contributed by atoms with van der Waals surface area (Å²) in [6, 6.07) is 0. The molecule has 0 aliphatic carbocycles. The summed E-state index contributed by atoms with van der Waals surface area (Å²) in [7, 11) is 0. The quantitative estimate of drug-likeness (QED) is 0.615. The van der Waals surface area contributed by atoms with Crippen molar-refractivity contribution >= 4 is 11.4 Å². The average molecular weight is 218 g/mol. The molecule has 0 amide bonds. The van der Waals surface area contributed by atoms with Crippen LogP contribution >= 0.6 is 0 Å². The number of aliphatic imine (C=N–C) groups is 2. The lowest BCUT2D eigenvalue weighted by molar-refractivity contribution is 0.978. The van der Waals surface area contributed by atoms with Crippen LogP contribution in [0.15, 0.2) is 33.5 Å². The molecular weight excluding hydrogens is 196 g/mol. The van der Waals surface area contributed by atoms with Gasteiger partial charge in [0.15, 0.2) is 0 Å². The van der Waals surface area contributed by atoms with E-state index in [9.17, 15) is 0 Å². The third kappa shape index (κ3) is 4.56. The lowest BCUT2D eigenvalue weighted by Gasteiger charge is -2.02. The molecule has 16 heavy (non-hydrogen) atoms. The van der Waals surface area contributed by atoms with E-state index >= 15 is 0 Å². The van der Waals surface area contributed by atoms with Crippen LogP contribution in [-0.2, 0) is 0 Å². The second-order valence-corrected chi connectivity index (χ2v) is 4.56. The molecular formula is C14H22N2. The molecule has 0 unspecified atom stereocenters. The molecule has 0 fully saturated rings. The fourth-order valence-corrected chi connectivity index (χ4v) is 1.55. The minimum absolute atomic E-state index is 1.07. The van der Waals surface area contributed by atoms with Gasteiger partial charge in [0.25, 0.3) is 0 Å². The summed E-state index contributed by atoms with van der Waals surface area (Å²) in [6.07, 6.45) is 8.35. The summed E-state index contributed by atoms with van der Waals surface area (Å²) in [5.74, 6) is 0. The Hall–Kier alpha value is -1.18. The van der Waals surface area contributed by atoms with Crippen molar-refractivity contribution < 1.29 is 0 Å². The summed E-state index contributed by atoms with van der Waals surface area (Å²) in [6.45, 7) is 8.36. The van der Waals surface area contributed by atoms with E-state index in [1.807, 2.05) is 26.2 Å². The van der Waals surface area contributed by atoms with E-state index in [4.69, 9.17) is 0 Å². The molecule has 0 aromatic heterocycles. The van der Waals surface area contributed by atoms with Gasteiger partial charge in [0, 0.05) is 30.2 Å². The van der Waals surface area contributed by atoms with Gasteiger partial charge >= 0.3 is 0 Å². The van der Waals surface area contributed by atoms with Gasteiger partial charge < -0.3 is 0 Å². The average Bonchev–Trinajstić information content (AvgIpc) is 2.71. The number of hydrogen-bond donors (Lipinski definition) is 0. The monoisotopic (exact) mass is 218 g/mol. The van der Waals surface area contributed by atoms with Gasteiger partial charge in [-0.25, -0.2) is 0 Å². The molecule has 1 heterocycles. The van der Waals surface area contributed by atoms with E-state index in [2.05, 4.69) is 23.8 Å². The molecule has 0 bridgehead atoms. The zero-order valence-electron chi connectivity index (χ0n) is 10.9. The van der Waals surface area contributed by atoms with Gasteiger partial charge in [-0.05, 0) is 45.6 Å². The Morgan fingerprint density at radius 2 is 2.19 bits per heavy atom. The first-order valence-electron chi connectivity index (χ1n) is 6.02. The summed E-state index contributed by atoms with van der Waals surface area (Å²) in [5.41, 5.74) is 5.21. The Morgan fingerprint density at radius 1 is 1.44 bits per heavy atom. The zero-order valence-corrected chi connectivity index (χ0v) is 10.9. The van der Waals surface area contributed by atoms with Gasteiger partial charge in [0.05, 0.1) is 0 Å². The summed E-state index contributed by atoms with van der Waals surface area (Å²) < 4.78 is 0. The molecule has 0 radical (unpaired) electrons. The summed E-state index contributed by atoms with van der Waals surface area (Å²) in [4.78, 5) is 8.75. The molecule has 2 nitrogen and oxygen atoms in total. The highest BCUT2D eigenvalue weighted by Gasteiger charge is 2.08. The number of allylic oxidation sites excluding steroid dienone is 2. The summed E-state index contributed by atoms with van der Waals surface area (Å²) in [5, 5.41) is 0. The van der Waals surface area contributed by atoms with Crippen LogP contribution in [0.2, 0.25) is 0 Å². The maximum atomic E-state index is 4.45. The standard InChI is InChI=1S/C14H22N2/c1-5-13-8-14(16-10-13)7-6-12(4)9-15-11(2)3/h9-10H,5-8H2,1-4H3/b12-9+. The Kier molecular flexibility index (Phi) is 5.17. The highest BCUT2D eigenvalue weighted by molar-refractivity contribution is 5.89. The van der Waals surface area contributed by atoms with Crippen molar-refractivity contribution in [3.05, 3.63) is 23.5 Å². The third-order valence-electron chi connectivity index (χ3n) is 2.67. The minimum Gasteiger partial charge on any atom is -0.266 e. The number of rotatable bonds is 5. The van der Waals surface area contributed by atoms with E-state index in [1.54, 1.807) is 0 Å².